The maximum atomic E-state index is 13.0. The summed E-state index contributed by atoms with van der Waals surface area (Å²) in [5, 5.41) is 3.61. The largest absolute Gasteiger partial charge is 0.378 e. The molecular formula is C23H33N3O3S. The molecule has 1 N–H and O–H groups in total. The molecule has 0 saturated carbocycles. The molecule has 7 heteroatoms. The molecule has 0 aliphatic rings. The van der Waals surface area contributed by atoms with Gasteiger partial charge in [-0.1, -0.05) is 55.9 Å². The fourth-order valence-corrected chi connectivity index (χ4v) is 3.94. The Bertz CT molecular complexity index is 866. The Labute approximate surface area is 183 Å². The molecule has 0 fully saturated rings. The van der Waals surface area contributed by atoms with E-state index in [1.54, 1.807) is 18.7 Å². The fraction of sp³-hybridized carbons (Fsp3) is 0.522. The minimum Gasteiger partial charge on any atom is -0.378 e. The number of benzene rings is 1. The Hall–Kier alpha value is -2.12. The van der Waals surface area contributed by atoms with Gasteiger partial charge in [0, 0.05) is 44.9 Å². The normalized spacial score (nSPS) is 11.1. The number of nitrogens with one attached hydrogen (secondary N) is 1. The van der Waals surface area contributed by atoms with E-state index in [-0.39, 0.29) is 11.5 Å². The monoisotopic (exact) mass is 431 g/mol. The van der Waals surface area contributed by atoms with E-state index in [1.165, 1.54) is 11.8 Å². The number of nitrogens with zero attached hydrogens (tertiary/aromatic N) is 2. The van der Waals surface area contributed by atoms with Gasteiger partial charge in [-0.15, -0.1) is 0 Å². The van der Waals surface area contributed by atoms with Gasteiger partial charge in [0.25, 0.3) is 5.56 Å². The van der Waals surface area contributed by atoms with Crippen LogP contribution < -0.4 is 10.9 Å². The topological polar surface area (TPSA) is 73.2 Å². The number of aromatic nitrogens is 2. The van der Waals surface area contributed by atoms with Crippen LogP contribution in [-0.4, -0.2) is 34.9 Å². The van der Waals surface area contributed by atoms with Crippen LogP contribution in [0, 0.1) is 5.92 Å². The van der Waals surface area contributed by atoms with Gasteiger partial charge in [0.05, 0.1) is 12.3 Å². The standard InChI is InChI=1S/C23H33N3O3S/c1-17(2)12-13-24-21(27)11-8-14-30-23-25-20(16-29-4)19(22(28)26(23)3)15-18-9-6-5-7-10-18/h5-7,9-10,17H,8,11-16H2,1-4H3,(H,24,27). The van der Waals surface area contributed by atoms with Crippen LogP contribution in [-0.2, 0) is 29.6 Å². The van der Waals surface area contributed by atoms with Crippen molar-refractivity contribution < 1.29 is 9.53 Å². The Morgan fingerprint density at radius 1 is 1.27 bits per heavy atom. The third-order valence-electron chi connectivity index (χ3n) is 4.76. The highest BCUT2D eigenvalue weighted by Crippen LogP contribution is 2.19. The quantitative estimate of drug-likeness (QED) is 0.316. The summed E-state index contributed by atoms with van der Waals surface area (Å²) in [4.78, 5) is 29.6. The van der Waals surface area contributed by atoms with E-state index in [2.05, 4.69) is 19.2 Å². The van der Waals surface area contributed by atoms with Crippen molar-refractivity contribution in [2.45, 2.75) is 51.3 Å². The molecule has 0 radical (unpaired) electrons. The minimum absolute atomic E-state index is 0.0465. The van der Waals surface area contributed by atoms with Crippen LogP contribution in [0.15, 0.2) is 40.3 Å². The molecule has 0 unspecified atom stereocenters. The van der Waals surface area contributed by atoms with Gasteiger partial charge in [-0.25, -0.2) is 4.98 Å². The maximum absolute atomic E-state index is 13.0. The van der Waals surface area contributed by atoms with Crippen molar-refractivity contribution in [2.75, 3.05) is 19.4 Å². The average Bonchev–Trinajstić information content (AvgIpc) is 2.72. The number of hydrogen-bond acceptors (Lipinski definition) is 5. The SMILES string of the molecule is COCc1nc(SCCCC(=O)NCCC(C)C)n(C)c(=O)c1Cc1ccccc1. The summed E-state index contributed by atoms with van der Waals surface area (Å²) in [6.07, 6.45) is 2.74. The van der Waals surface area contributed by atoms with E-state index in [0.717, 1.165) is 30.7 Å². The van der Waals surface area contributed by atoms with Crippen molar-refractivity contribution in [3.05, 3.63) is 57.5 Å². The van der Waals surface area contributed by atoms with Gasteiger partial charge < -0.3 is 10.1 Å². The Morgan fingerprint density at radius 3 is 2.67 bits per heavy atom. The number of amides is 1. The number of methoxy groups -OCH3 is 1. The van der Waals surface area contributed by atoms with Crippen molar-refractivity contribution in [1.29, 1.82) is 0 Å². The molecule has 1 heterocycles. The zero-order valence-electron chi connectivity index (χ0n) is 18.4. The molecule has 0 spiro atoms. The highest BCUT2D eigenvalue weighted by atomic mass is 32.2. The molecule has 0 aliphatic heterocycles. The minimum atomic E-state index is -0.0465. The lowest BCUT2D eigenvalue weighted by atomic mass is 10.0. The lowest BCUT2D eigenvalue weighted by molar-refractivity contribution is -0.121. The number of ether oxygens (including phenoxy) is 1. The molecule has 0 aliphatic carbocycles. The van der Waals surface area contributed by atoms with Crippen LogP contribution in [0.4, 0.5) is 0 Å². The number of carbonyl (C=O) groups is 1. The predicted octanol–water partition coefficient (Wildman–Crippen LogP) is 3.55. The van der Waals surface area contributed by atoms with Gasteiger partial charge in [0.15, 0.2) is 5.16 Å². The predicted molar refractivity (Wildman–Crippen MR) is 122 cm³/mol. The van der Waals surface area contributed by atoms with E-state index >= 15 is 0 Å². The van der Waals surface area contributed by atoms with Gasteiger partial charge in [0.2, 0.25) is 5.91 Å². The smallest absolute Gasteiger partial charge is 0.257 e. The molecule has 6 nitrogen and oxygen atoms in total. The molecule has 2 rings (SSSR count). The van der Waals surface area contributed by atoms with Crippen molar-refractivity contribution in [2.24, 2.45) is 13.0 Å². The molecule has 2 aromatic rings. The Balaban J connectivity index is 1.99. The van der Waals surface area contributed by atoms with Crippen molar-refractivity contribution in [3.63, 3.8) is 0 Å². The van der Waals surface area contributed by atoms with Crippen LogP contribution in [0.1, 0.15) is 49.9 Å². The lowest BCUT2D eigenvalue weighted by Crippen LogP contribution is -2.27. The number of thioether (sulfide) groups is 1. The van der Waals surface area contributed by atoms with E-state index < -0.39 is 0 Å². The maximum Gasteiger partial charge on any atom is 0.257 e. The molecule has 1 aromatic carbocycles. The van der Waals surface area contributed by atoms with E-state index in [1.807, 2.05) is 30.3 Å². The molecular weight excluding hydrogens is 398 g/mol. The number of carbonyl (C=O) groups excluding carboxylic acids is 1. The summed E-state index contributed by atoms with van der Waals surface area (Å²) in [6.45, 7) is 5.30. The highest BCUT2D eigenvalue weighted by molar-refractivity contribution is 7.99. The fourth-order valence-electron chi connectivity index (χ4n) is 3.02. The van der Waals surface area contributed by atoms with Gasteiger partial charge in [-0.3, -0.25) is 14.2 Å². The molecule has 0 saturated heterocycles. The first-order chi connectivity index (χ1) is 14.4. The van der Waals surface area contributed by atoms with Crippen LogP contribution in [0.2, 0.25) is 0 Å². The second-order valence-electron chi connectivity index (χ2n) is 7.76. The van der Waals surface area contributed by atoms with Crippen molar-refractivity contribution in [1.82, 2.24) is 14.9 Å². The van der Waals surface area contributed by atoms with E-state index in [0.29, 0.717) is 41.8 Å². The van der Waals surface area contributed by atoms with E-state index in [9.17, 15) is 9.59 Å². The molecule has 1 aromatic heterocycles. The summed E-state index contributed by atoms with van der Waals surface area (Å²) in [5.74, 6) is 1.39. The zero-order valence-corrected chi connectivity index (χ0v) is 19.3. The van der Waals surface area contributed by atoms with Gasteiger partial charge in [-0.05, 0) is 24.3 Å². The molecule has 30 heavy (non-hydrogen) atoms. The molecule has 164 valence electrons. The van der Waals surface area contributed by atoms with Gasteiger partial charge in [0.1, 0.15) is 0 Å². The first-order valence-electron chi connectivity index (χ1n) is 10.4. The highest BCUT2D eigenvalue weighted by Gasteiger charge is 2.15. The summed E-state index contributed by atoms with van der Waals surface area (Å²) < 4.78 is 6.90. The van der Waals surface area contributed by atoms with Gasteiger partial charge in [-0.2, -0.15) is 0 Å². The molecule has 0 bridgehead atoms. The first-order valence-corrected chi connectivity index (χ1v) is 11.4. The van der Waals surface area contributed by atoms with Crippen LogP contribution >= 0.6 is 11.8 Å². The number of hydrogen-bond donors (Lipinski definition) is 1. The Morgan fingerprint density at radius 2 is 2.00 bits per heavy atom. The summed E-state index contributed by atoms with van der Waals surface area (Å²) in [5.41, 5.74) is 2.37. The second kappa shape index (κ2) is 12.5. The van der Waals surface area contributed by atoms with Crippen molar-refractivity contribution in [3.8, 4) is 0 Å². The number of rotatable bonds is 12. The lowest BCUT2D eigenvalue weighted by Gasteiger charge is -2.14. The molecule has 1 amide bonds. The van der Waals surface area contributed by atoms with Crippen molar-refractivity contribution >= 4 is 17.7 Å². The van der Waals surface area contributed by atoms with E-state index in [4.69, 9.17) is 9.72 Å². The van der Waals surface area contributed by atoms with Crippen LogP contribution in [0.3, 0.4) is 0 Å². The van der Waals surface area contributed by atoms with Gasteiger partial charge >= 0.3 is 0 Å². The first kappa shape index (κ1) is 24.2. The van der Waals surface area contributed by atoms with Crippen LogP contribution in [0.25, 0.3) is 0 Å². The molecule has 0 atom stereocenters. The average molecular weight is 432 g/mol. The Kier molecular flexibility index (Phi) is 10.1. The second-order valence-corrected chi connectivity index (χ2v) is 8.83. The summed E-state index contributed by atoms with van der Waals surface area (Å²) in [7, 11) is 3.36. The third kappa shape index (κ3) is 7.61. The summed E-state index contributed by atoms with van der Waals surface area (Å²) in [6, 6.07) is 9.90. The third-order valence-corrected chi connectivity index (χ3v) is 5.87. The summed E-state index contributed by atoms with van der Waals surface area (Å²) >= 11 is 1.50. The van der Waals surface area contributed by atoms with Crippen LogP contribution in [0.5, 0.6) is 0 Å². The zero-order chi connectivity index (χ0) is 21.9.